The SMILES string of the molecule is Cc1cc[n+](CC(=O)N[C@@H]2CCS(=O)(=O)C2)cc1. The lowest BCUT2D eigenvalue weighted by Crippen LogP contribution is -2.45. The Balaban J connectivity index is 1.88. The van der Waals surface area contributed by atoms with Crippen LogP contribution in [0.2, 0.25) is 0 Å². The van der Waals surface area contributed by atoms with Crippen LogP contribution in [0.5, 0.6) is 0 Å². The van der Waals surface area contributed by atoms with Gasteiger partial charge in [0.2, 0.25) is 6.54 Å². The van der Waals surface area contributed by atoms with Crippen molar-refractivity contribution in [3.63, 3.8) is 0 Å². The van der Waals surface area contributed by atoms with Crippen LogP contribution >= 0.6 is 0 Å². The first kappa shape index (κ1) is 13.0. The van der Waals surface area contributed by atoms with Crippen LogP contribution in [-0.4, -0.2) is 31.9 Å². The van der Waals surface area contributed by atoms with E-state index >= 15 is 0 Å². The third-order valence-electron chi connectivity index (χ3n) is 2.98. The highest BCUT2D eigenvalue weighted by molar-refractivity contribution is 7.91. The molecule has 0 bridgehead atoms. The Bertz CT molecular complexity index is 537. The maximum atomic E-state index is 11.7. The van der Waals surface area contributed by atoms with Gasteiger partial charge in [-0.25, -0.2) is 8.42 Å². The molecule has 1 aromatic rings. The van der Waals surface area contributed by atoms with Gasteiger partial charge in [0.25, 0.3) is 5.91 Å². The fraction of sp³-hybridized carbons (Fsp3) is 0.500. The molecule has 1 amide bonds. The molecule has 1 aromatic heterocycles. The molecule has 0 unspecified atom stereocenters. The summed E-state index contributed by atoms with van der Waals surface area (Å²) in [6.07, 6.45) is 4.19. The number of nitrogens with zero attached hydrogens (tertiary/aromatic N) is 1. The zero-order chi connectivity index (χ0) is 13.2. The zero-order valence-corrected chi connectivity index (χ0v) is 11.1. The second kappa shape index (κ2) is 5.06. The van der Waals surface area contributed by atoms with Gasteiger partial charge in [-0.1, -0.05) is 0 Å². The first-order valence-corrected chi connectivity index (χ1v) is 7.72. The molecule has 1 saturated heterocycles. The summed E-state index contributed by atoms with van der Waals surface area (Å²) in [4.78, 5) is 11.7. The van der Waals surface area contributed by atoms with Crippen molar-refractivity contribution in [1.82, 2.24) is 5.32 Å². The molecule has 2 heterocycles. The van der Waals surface area contributed by atoms with Crippen LogP contribution in [0, 0.1) is 6.92 Å². The van der Waals surface area contributed by atoms with Crippen molar-refractivity contribution in [2.75, 3.05) is 11.5 Å². The largest absolute Gasteiger partial charge is 0.347 e. The van der Waals surface area contributed by atoms with E-state index in [-0.39, 0.29) is 30.0 Å². The summed E-state index contributed by atoms with van der Waals surface area (Å²) in [5.41, 5.74) is 1.13. The van der Waals surface area contributed by atoms with Gasteiger partial charge in [0.1, 0.15) is 0 Å². The Morgan fingerprint density at radius 3 is 2.67 bits per heavy atom. The van der Waals surface area contributed by atoms with Gasteiger partial charge in [-0.3, -0.25) is 4.79 Å². The van der Waals surface area contributed by atoms with E-state index in [1.165, 1.54) is 0 Å². The summed E-state index contributed by atoms with van der Waals surface area (Å²) in [6.45, 7) is 2.20. The molecule has 1 aliphatic rings. The number of aryl methyl sites for hydroxylation is 1. The van der Waals surface area contributed by atoms with E-state index in [1.807, 2.05) is 31.5 Å². The summed E-state index contributed by atoms with van der Waals surface area (Å²) in [7, 11) is -2.94. The van der Waals surface area contributed by atoms with Crippen LogP contribution in [0.1, 0.15) is 12.0 Å². The van der Waals surface area contributed by atoms with Gasteiger partial charge in [0, 0.05) is 18.2 Å². The average molecular weight is 269 g/mol. The highest BCUT2D eigenvalue weighted by atomic mass is 32.2. The van der Waals surface area contributed by atoms with Crippen molar-refractivity contribution >= 4 is 15.7 Å². The molecule has 1 N–H and O–H groups in total. The number of pyridine rings is 1. The number of hydrogen-bond acceptors (Lipinski definition) is 3. The Morgan fingerprint density at radius 1 is 1.44 bits per heavy atom. The maximum Gasteiger partial charge on any atom is 0.286 e. The number of aromatic nitrogens is 1. The summed E-state index contributed by atoms with van der Waals surface area (Å²) in [6, 6.07) is 3.62. The normalized spacial score (nSPS) is 21.7. The van der Waals surface area contributed by atoms with Crippen molar-refractivity contribution in [3.8, 4) is 0 Å². The Hall–Kier alpha value is -1.43. The first-order valence-electron chi connectivity index (χ1n) is 5.90. The third kappa shape index (κ3) is 3.53. The molecule has 0 saturated carbocycles. The molecule has 0 aliphatic carbocycles. The average Bonchev–Trinajstić information content (AvgIpc) is 2.61. The Morgan fingerprint density at radius 2 is 2.11 bits per heavy atom. The van der Waals surface area contributed by atoms with Gasteiger partial charge in [0.15, 0.2) is 22.2 Å². The molecular weight excluding hydrogens is 252 g/mol. The number of amides is 1. The lowest BCUT2D eigenvalue weighted by atomic mass is 10.2. The Labute approximate surface area is 107 Å². The predicted molar refractivity (Wildman–Crippen MR) is 66.6 cm³/mol. The minimum Gasteiger partial charge on any atom is -0.347 e. The fourth-order valence-electron chi connectivity index (χ4n) is 1.99. The van der Waals surface area contributed by atoms with Crippen molar-refractivity contribution in [1.29, 1.82) is 0 Å². The zero-order valence-electron chi connectivity index (χ0n) is 10.3. The van der Waals surface area contributed by atoms with Gasteiger partial charge < -0.3 is 5.32 Å². The summed E-state index contributed by atoms with van der Waals surface area (Å²) in [5, 5.41) is 2.76. The smallest absolute Gasteiger partial charge is 0.286 e. The predicted octanol–water partition coefficient (Wildman–Crippen LogP) is -0.414. The molecule has 0 radical (unpaired) electrons. The van der Waals surface area contributed by atoms with Crippen LogP contribution in [0.15, 0.2) is 24.5 Å². The Kier molecular flexibility index (Phi) is 3.65. The van der Waals surface area contributed by atoms with E-state index in [2.05, 4.69) is 5.32 Å². The summed E-state index contributed by atoms with van der Waals surface area (Å²) >= 11 is 0. The molecule has 1 aliphatic heterocycles. The second-order valence-corrected chi connectivity index (χ2v) is 6.94. The lowest BCUT2D eigenvalue weighted by Gasteiger charge is -2.08. The summed E-state index contributed by atoms with van der Waals surface area (Å²) < 4.78 is 24.3. The van der Waals surface area contributed by atoms with E-state index in [9.17, 15) is 13.2 Å². The number of rotatable bonds is 3. The van der Waals surface area contributed by atoms with E-state index in [4.69, 9.17) is 0 Å². The molecule has 6 heteroatoms. The monoisotopic (exact) mass is 269 g/mol. The highest BCUT2D eigenvalue weighted by Gasteiger charge is 2.29. The lowest BCUT2D eigenvalue weighted by molar-refractivity contribution is -0.684. The van der Waals surface area contributed by atoms with Crippen molar-refractivity contribution in [2.45, 2.75) is 25.9 Å². The van der Waals surface area contributed by atoms with Crippen LogP contribution < -0.4 is 9.88 Å². The van der Waals surface area contributed by atoms with E-state index in [0.717, 1.165) is 5.56 Å². The molecule has 0 aromatic carbocycles. The van der Waals surface area contributed by atoms with Gasteiger partial charge in [-0.15, -0.1) is 0 Å². The number of carbonyl (C=O) groups is 1. The highest BCUT2D eigenvalue weighted by Crippen LogP contribution is 2.10. The second-order valence-electron chi connectivity index (χ2n) is 4.72. The molecule has 0 spiro atoms. The molecule has 1 atom stereocenters. The van der Waals surface area contributed by atoms with Crippen LogP contribution in [0.4, 0.5) is 0 Å². The van der Waals surface area contributed by atoms with Crippen LogP contribution in [-0.2, 0) is 21.2 Å². The number of carbonyl (C=O) groups excluding carboxylic acids is 1. The molecule has 1 fully saturated rings. The fourth-order valence-corrected chi connectivity index (χ4v) is 3.66. The minimum absolute atomic E-state index is 0.0668. The number of sulfone groups is 1. The summed E-state index contributed by atoms with van der Waals surface area (Å²) in [5.74, 6) is 0.0957. The number of hydrogen-bond donors (Lipinski definition) is 1. The molecule has 5 nitrogen and oxygen atoms in total. The van der Waals surface area contributed by atoms with Crippen molar-refractivity contribution < 1.29 is 17.8 Å². The molecule has 18 heavy (non-hydrogen) atoms. The minimum atomic E-state index is -2.94. The van der Waals surface area contributed by atoms with E-state index in [0.29, 0.717) is 6.42 Å². The van der Waals surface area contributed by atoms with Gasteiger partial charge in [-0.2, -0.15) is 4.57 Å². The van der Waals surface area contributed by atoms with Gasteiger partial charge >= 0.3 is 0 Å². The molecular formula is C12H17N2O3S+. The van der Waals surface area contributed by atoms with Crippen molar-refractivity contribution in [2.24, 2.45) is 0 Å². The van der Waals surface area contributed by atoms with Gasteiger partial charge in [0.05, 0.1) is 11.5 Å². The van der Waals surface area contributed by atoms with Crippen molar-refractivity contribution in [3.05, 3.63) is 30.1 Å². The van der Waals surface area contributed by atoms with Crippen LogP contribution in [0.3, 0.4) is 0 Å². The third-order valence-corrected chi connectivity index (χ3v) is 4.75. The maximum absolute atomic E-state index is 11.7. The number of nitrogens with one attached hydrogen (secondary N) is 1. The van der Waals surface area contributed by atoms with Crippen LogP contribution in [0.25, 0.3) is 0 Å². The quantitative estimate of drug-likeness (QED) is 0.758. The topological polar surface area (TPSA) is 67.1 Å². The standard InChI is InChI=1S/C12H16N2O3S/c1-10-2-5-14(6-3-10)8-12(15)13-11-4-7-18(16,17)9-11/h2-3,5-6,11H,4,7-9H2,1H3/p+1/t11-/m1/s1. The first-order chi connectivity index (χ1) is 8.44. The molecule has 98 valence electrons. The van der Waals surface area contributed by atoms with Gasteiger partial charge in [-0.05, 0) is 18.9 Å². The molecule has 2 rings (SSSR count). The van der Waals surface area contributed by atoms with E-state index < -0.39 is 9.84 Å². The van der Waals surface area contributed by atoms with E-state index in [1.54, 1.807) is 4.57 Å².